The van der Waals surface area contributed by atoms with E-state index in [0.29, 0.717) is 18.9 Å². The number of rotatable bonds is 6. The highest BCUT2D eigenvalue weighted by Gasteiger charge is 2.35. The Balaban J connectivity index is 1.29. The molecule has 6 nitrogen and oxygen atoms in total. The van der Waals surface area contributed by atoms with Crippen LogP contribution in [0.15, 0.2) is 59.5 Å². The zero-order valence-corrected chi connectivity index (χ0v) is 19.1. The molecule has 0 spiro atoms. The van der Waals surface area contributed by atoms with Crippen molar-refractivity contribution in [1.82, 2.24) is 14.5 Å². The number of hydrogen-bond acceptors (Lipinski definition) is 4. The van der Waals surface area contributed by atoms with Gasteiger partial charge in [-0.2, -0.15) is 4.31 Å². The van der Waals surface area contributed by atoms with Crippen molar-refractivity contribution in [3.05, 3.63) is 66.0 Å². The van der Waals surface area contributed by atoms with Gasteiger partial charge in [-0.25, -0.2) is 12.8 Å². The molecule has 2 fully saturated rings. The minimum atomic E-state index is -3.89. The summed E-state index contributed by atoms with van der Waals surface area (Å²) < 4.78 is 40.8. The molecule has 2 aliphatic rings. The normalized spacial score (nSPS) is 22.0. The van der Waals surface area contributed by atoms with Crippen molar-refractivity contribution in [2.75, 3.05) is 26.2 Å². The van der Waals surface area contributed by atoms with Crippen LogP contribution in [0, 0.1) is 11.7 Å². The number of halogens is 1. The molecule has 2 heterocycles. The minimum absolute atomic E-state index is 0.00727. The topological polar surface area (TPSA) is 69.7 Å². The van der Waals surface area contributed by atoms with Crippen molar-refractivity contribution in [1.29, 1.82) is 0 Å². The van der Waals surface area contributed by atoms with Gasteiger partial charge in [-0.15, -0.1) is 0 Å². The maximum absolute atomic E-state index is 14.0. The van der Waals surface area contributed by atoms with Gasteiger partial charge >= 0.3 is 0 Å². The van der Waals surface area contributed by atoms with Crippen molar-refractivity contribution in [2.24, 2.45) is 5.92 Å². The third kappa shape index (κ3) is 4.87. The van der Waals surface area contributed by atoms with E-state index >= 15 is 0 Å². The summed E-state index contributed by atoms with van der Waals surface area (Å²) in [5, 5.41) is 3.17. The number of piperidine rings is 1. The van der Waals surface area contributed by atoms with E-state index in [9.17, 15) is 17.6 Å². The van der Waals surface area contributed by atoms with Gasteiger partial charge < -0.3 is 5.32 Å². The van der Waals surface area contributed by atoms with Gasteiger partial charge in [0.05, 0.1) is 0 Å². The van der Waals surface area contributed by atoms with Crippen LogP contribution in [0.25, 0.3) is 0 Å². The molecule has 0 bridgehead atoms. The highest BCUT2D eigenvalue weighted by molar-refractivity contribution is 7.89. The Labute approximate surface area is 189 Å². The molecule has 32 heavy (non-hydrogen) atoms. The SMILES string of the molecule is CC(c1ccccc1)N1CCC(NC(=O)C2CCN(S(=O)(=O)c3ccccc3F)CC2)C1. The molecule has 2 unspecified atom stereocenters. The molecule has 0 radical (unpaired) electrons. The average molecular weight is 460 g/mol. The fraction of sp³-hybridized carbons (Fsp3) is 0.458. The van der Waals surface area contributed by atoms with Crippen molar-refractivity contribution >= 4 is 15.9 Å². The van der Waals surface area contributed by atoms with E-state index in [0.717, 1.165) is 25.6 Å². The lowest BCUT2D eigenvalue weighted by Gasteiger charge is -2.31. The van der Waals surface area contributed by atoms with Gasteiger partial charge in [-0.1, -0.05) is 42.5 Å². The monoisotopic (exact) mass is 459 g/mol. The summed E-state index contributed by atoms with van der Waals surface area (Å²) in [6.07, 6.45) is 1.79. The first kappa shape index (κ1) is 22.9. The van der Waals surface area contributed by atoms with Crippen LogP contribution in [0.3, 0.4) is 0 Å². The molecule has 1 amide bonds. The summed E-state index contributed by atoms with van der Waals surface area (Å²) in [6, 6.07) is 16.2. The van der Waals surface area contributed by atoms with Crippen molar-refractivity contribution in [3.8, 4) is 0 Å². The Morgan fingerprint density at radius 1 is 1.00 bits per heavy atom. The maximum Gasteiger partial charge on any atom is 0.245 e. The summed E-state index contributed by atoms with van der Waals surface area (Å²) in [7, 11) is -3.89. The van der Waals surface area contributed by atoms with Gasteiger partial charge in [0, 0.05) is 44.2 Å². The molecule has 2 saturated heterocycles. The molecule has 0 saturated carbocycles. The average Bonchev–Trinajstić information content (AvgIpc) is 3.28. The fourth-order valence-corrected chi connectivity index (χ4v) is 6.20. The van der Waals surface area contributed by atoms with Crippen molar-refractivity contribution in [2.45, 2.75) is 43.2 Å². The van der Waals surface area contributed by atoms with Crippen LogP contribution in [0.1, 0.15) is 37.8 Å². The molecule has 0 aromatic heterocycles. The lowest BCUT2D eigenvalue weighted by atomic mass is 9.97. The zero-order valence-electron chi connectivity index (χ0n) is 18.3. The summed E-state index contributed by atoms with van der Waals surface area (Å²) in [5.41, 5.74) is 1.27. The van der Waals surface area contributed by atoms with Crippen LogP contribution in [-0.4, -0.2) is 55.8 Å². The second-order valence-electron chi connectivity index (χ2n) is 8.68. The van der Waals surface area contributed by atoms with Gasteiger partial charge in [-0.3, -0.25) is 9.69 Å². The molecule has 8 heteroatoms. The van der Waals surface area contributed by atoms with Gasteiger partial charge in [-0.05, 0) is 43.9 Å². The Kier molecular flexibility index (Phi) is 6.93. The van der Waals surface area contributed by atoms with Gasteiger partial charge in [0.2, 0.25) is 15.9 Å². The van der Waals surface area contributed by atoms with E-state index in [1.54, 1.807) is 0 Å². The minimum Gasteiger partial charge on any atom is -0.352 e. The number of carbonyl (C=O) groups is 1. The summed E-state index contributed by atoms with van der Waals surface area (Å²) in [4.78, 5) is 14.9. The van der Waals surface area contributed by atoms with Gasteiger partial charge in [0.25, 0.3) is 0 Å². The highest BCUT2D eigenvalue weighted by atomic mass is 32.2. The lowest BCUT2D eigenvalue weighted by Crippen LogP contribution is -2.46. The predicted octanol–water partition coefficient (Wildman–Crippen LogP) is 3.18. The van der Waals surface area contributed by atoms with Gasteiger partial charge in [0.15, 0.2) is 0 Å². The second-order valence-corrected chi connectivity index (χ2v) is 10.6. The first-order valence-electron chi connectivity index (χ1n) is 11.2. The first-order chi connectivity index (χ1) is 15.4. The Bertz CT molecular complexity index is 1040. The molecule has 2 aromatic carbocycles. The zero-order chi connectivity index (χ0) is 22.7. The largest absolute Gasteiger partial charge is 0.352 e. The van der Waals surface area contributed by atoms with Gasteiger partial charge in [0.1, 0.15) is 10.7 Å². The van der Waals surface area contributed by atoms with Crippen molar-refractivity contribution in [3.63, 3.8) is 0 Å². The molecule has 2 aliphatic heterocycles. The Hall–Kier alpha value is -2.29. The summed E-state index contributed by atoms with van der Waals surface area (Å²) >= 11 is 0. The van der Waals surface area contributed by atoms with Crippen LogP contribution in [-0.2, 0) is 14.8 Å². The Morgan fingerprint density at radius 3 is 2.34 bits per heavy atom. The fourth-order valence-electron chi connectivity index (χ4n) is 4.67. The number of nitrogens with zero attached hydrogens (tertiary/aromatic N) is 2. The molecule has 172 valence electrons. The van der Waals surface area contributed by atoms with Crippen LogP contribution in [0.5, 0.6) is 0 Å². The van der Waals surface area contributed by atoms with Crippen molar-refractivity contribution < 1.29 is 17.6 Å². The van der Waals surface area contributed by atoms with Crippen LogP contribution >= 0.6 is 0 Å². The molecule has 2 aromatic rings. The number of sulfonamides is 1. The number of benzene rings is 2. The summed E-state index contributed by atoms with van der Waals surface area (Å²) in [6.45, 7) is 4.36. The number of likely N-dealkylation sites (tertiary alicyclic amines) is 1. The number of carbonyl (C=O) groups excluding carboxylic acids is 1. The van der Waals surface area contributed by atoms with E-state index in [4.69, 9.17) is 0 Å². The first-order valence-corrected chi connectivity index (χ1v) is 12.6. The van der Waals surface area contributed by atoms with E-state index in [1.165, 1.54) is 28.1 Å². The quantitative estimate of drug-likeness (QED) is 0.721. The summed E-state index contributed by atoms with van der Waals surface area (Å²) in [5.74, 6) is -0.974. The number of hydrogen-bond donors (Lipinski definition) is 1. The third-order valence-corrected chi connectivity index (χ3v) is 8.61. The van der Waals surface area contributed by atoms with Crippen LogP contribution in [0.4, 0.5) is 4.39 Å². The lowest BCUT2D eigenvalue weighted by molar-refractivity contribution is -0.126. The smallest absolute Gasteiger partial charge is 0.245 e. The third-order valence-electron chi connectivity index (χ3n) is 6.67. The number of nitrogens with one attached hydrogen (secondary N) is 1. The van der Waals surface area contributed by atoms with E-state index in [-0.39, 0.29) is 35.9 Å². The predicted molar refractivity (Wildman–Crippen MR) is 121 cm³/mol. The Morgan fingerprint density at radius 2 is 1.66 bits per heavy atom. The van der Waals surface area contributed by atoms with Crippen LogP contribution in [0.2, 0.25) is 0 Å². The van der Waals surface area contributed by atoms with E-state index < -0.39 is 15.8 Å². The molecular formula is C24H30FN3O3S. The standard InChI is InChI=1S/C24H30FN3O3S/c1-18(19-7-3-2-4-8-19)27-14-13-21(17-27)26-24(29)20-11-15-28(16-12-20)32(30,31)23-10-6-5-9-22(23)25/h2-10,18,20-21H,11-17H2,1H3,(H,26,29). The second kappa shape index (κ2) is 9.68. The maximum atomic E-state index is 14.0. The van der Waals surface area contributed by atoms with Crippen LogP contribution < -0.4 is 5.32 Å². The van der Waals surface area contributed by atoms with E-state index in [1.807, 2.05) is 18.2 Å². The molecule has 2 atom stereocenters. The van der Waals surface area contributed by atoms with E-state index in [2.05, 4.69) is 29.3 Å². The molecule has 0 aliphatic carbocycles. The molecule has 4 rings (SSSR count). The molecule has 1 N–H and O–H groups in total. The molecular weight excluding hydrogens is 429 g/mol. The highest BCUT2D eigenvalue weighted by Crippen LogP contribution is 2.27. The number of amides is 1.